The molecule has 0 aliphatic carbocycles. The van der Waals surface area contributed by atoms with E-state index in [0.717, 1.165) is 11.3 Å². The van der Waals surface area contributed by atoms with Crippen LogP contribution in [0.3, 0.4) is 0 Å². The van der Waals surface area contributed by atoms with Crippen molar-refractivity contribution in [3.05, 3.63) is 29.3 Å². The Hall–Kier alpha value is -1.42. The van der Waals surface area contributed by atoms with Crippen molar-refractivity contribution < 1.29 is 4.74 Å². The van der Waals surface area contributed by atoms with Crippen molar-refractivity contribution in [1.82, 2.24) is 0 Å². The van der Waals surface area contributed by atoms with Crippen LogP contribution in [0.1, 0.15) is 24.0 Å². The first kappa shape index (κ1) is 9.67. The first-order valence-corrected chi connectivity index (χ1v) is 4.30. The van der Waals surface area contributed by atoms with Crippen molar-refractivity contribution in [3.8, 4) is 18.1 Å². The monoisotopic (exact) mass is 174 g/mol. The van der Waals surface area contributed by atoms with Crippen LogP contribution in [0.4, 0.5) is 0 Å². The molecule has 1 aromatic rings. The first-order chi connectivity index (χ1) is 6.20. The Labute approximate surface area is 79.7 Å². The smallest absolute Gasteiger partial charge is 0.123 e. The normalized spacial score (nSPS) is 11.8. The average molecular weight is 174 g/mol. The van der Waals surface area contributed by atoms with Crippen LogP contribution < -0.4 is 4.74 Å². The van der Waals surface area contributed by atoms with Crippen molar-refractivity contribution in [2.24, 2.45) is 0 Å². The van der Waals surface area contributed by atoms with Gasteiger partial charge in [-0.1, -0.05) is 18.1 Å². The van der Waals surface area contributed by atoms with Gasteiger partial charge in [0.1, 0.15) is 5.75 Å². The molecule has 0 amide bonds. The van der Waals surface area contributed by atoms with E-state index in [9.17, 15) is 0 Å². The highest BCUT2D eigenvalue weighted by molar-refractivity contribution is 5.44. The van der Waals surface area contributed by atoms with Gasteiger partial charge in [-0.2, -0.15) is 0 Å². The molecular formula is C12H14O. The number of rotatable bonds is 2. The predicted molar refractivity (Wildman–Crippen MR) is 55.0 cm³/mol. The molecule has 0 aromatic heterocycles. The molecule has 68 valence electrons. The summed E-state index contributed by atoms with van der Waals surface area (Å²) in [5, 5.41) is 0. The van der Waals surface area contributed by atoms with E-state index in [0.29, 0.717) is 0 Å². The SMILES string of the molecule is C#CC(C)c1c(C)cccc1OC. The molecule has 1 heteroatoms. The summed E-state index contributed by atoms with van der Waals surface area (Å²) in [7, 11) is 1.67. The van der Waals surface area contributed by atoms with Crippen LogP contribution in [0.2, 0.25) is 0 Å². The highest BCUT2D eigenvalue weighted by Gasteiger charge is 2.10. The zero-order valence-electron chi connectivity index (χ0n) is 8.29. The largest absolute Gasteiger partial charge is 0.496 e. The van der Waals surface area contributed by atoms with Gasteiger partial charge in [0, 0.05) is 11.5 Å². The van der Waals surface area contributed by atoms with E-state index < -0.39 is 0 Å². The molecule has 0 aliphatic heterocycles. The van der Waals surface area contributed by atoms with Gasteiger partial charge in [-0.15, -0.1) is 6.42 Å². The third kappa shape index (κ3) is 1.84. The first-order valence-electron chi connectivity index (χ1n) is 4.30. The number of terminal acetylenes is 1. The molecule has 0 aliphatic rings. The van der Waals surface area contributed by atoms with Gasteiger partial charge in [0.15, 0.2) is 0 Å². The lowest BCUT2D eigenvalue weighted by molar-refractivity contribution is 0.408. The summed E-state index contributed by atoms with van der Waals surface area (Å²) in [6.07, 6.45) is 5.39. The van der Waals surface area contributed by atoms with Gasteiger partial charge in [-0.25, -0.2) is 0 Å². The molecule has 0 saturated carbocycles. The minimum atomic E-state index is 0.108. The summed E-state index contributed by atoms with van der Waals surface area (Å²) in [6.45, 7) is 4.05. The summed E-state index contributed by atoms with van der Waals surface area (Å²) in [4.78, 5) is 0. The zero-order chi connectivity index (χ0) is 9.84. The number of methoxy groups -OCH3 is 1. The Kier molecular flexibility index (Phi) is 2.97. The summed E-state index contributed by atoms with van der Waals surface area (Å²) in [6, 6.07) is 5.96. The second-order valence-electron chi connectivity index (χ2n) is 3.08. The molecule has 1 rings (SSSR count). The van der Waals surface area contributed by atoms with Gasteiger partial charge >= 0.3 is 0 Å². The van der Waals surface area contributed by atoms with Gasteiger partial charge in [0.25, 0.3) is 0 Å². The van der Waals surface area contributed by atoms with E-state index >= 15 is 0 Å². The standard InChI is InChI=1S/C12H14O/c1-5-9(2)12-10(3)7-6-8-11(12)13-4/h1,6-9H,2-4H3. The Balaban J connectivity index is 3.24. The van der Waals surface area contributed by atoms with Gasteiger partial charge < -0.3 is 4.74 Å². The zero-order valence-corrected chi connectivity index (χ0v) is 8.29. The molecule has 0 heterocycles. The van der Waals surface area contributed by atoms with E-state index in [4.69, 9.17) is 11.2 Å². The van der Waals surface area contributed by atoms with Gasteiger partial charge in [0.2, 0.25) is 0 Å². The Morgan fingerprint density at radius 3 is 2.69 bits per heavy atom. The van der Waals surface area contributed by atoms with Gasteiger partial charge in [-0.3, -0.25) is 0 Å². The van der Waals surface area contributed by atoms with Crippen molar-refractivity contribution >= 4 is 0 Å². The van der Waals surface area contributed by atoms with Crippen LogP contribution in [-0.2, 0) is 0 Å². The Morgan fingerprint density at radius 1 is 1.46 bits per heavy atom. The van der Waals surface area contributed by atoms with E-state index in [1.54, 1.807) is 7.11 Å². The molecule has 0 N–H and O–H groups in total. The van der Waals surface area contributed by atoms with Crippen molar-refractivity contribution in [2.45, 2.75) is 19.8 Å². The maximum atomic E-state index is 5.39. The second kappa shape index (κ2) is 4.00. The summed E-state index contributed by atoms with van der Waals surface area (Å²) < 4.78 is 5.25. The molecule has 1 nitrogen and oxygen atoms in total. The predicted octanol–water partition coefficient (Wildman–Crippen LogP) is 2.74. The maximum Gasteiger partial charge on any atom is 0.123 e. The van der Waals surface area contributed by atoms with Crippen LogP contribution in [0.25, 0.3) is 0 Å². The number of hydrogen-bond donors (Lipinski definition) is 0. The summed E-state index contributed by atoms with van der Waals surface area (Å²) in [5.41, 5.74) is 2.30. The Morgan fingerprint density at radius 2 is 2.15 bits per heavy atom. The van der Waals surface area contributed by atoms with Crippen LogP contribution in [0.5, 0.6) is 5.75 Å². The lowest BCUT2D eigenvalue weighted by atomic mass is 9.96. The fourth-order valence-corrected chi connectivity index (χ4v) is 1.47. The van der Waals surface area contributed by atoms with Crippen molar-refractivity contribution in [3.63, 3.8) is 0 Å². The molecule has 0 radical (unpaired) electrons. The number of benzene rings is 1. The fraction of sp³-hybridized carbons (Fsp3) is 0.333. The van der Waals surface area contributed by atoms with E-state index in [1.807, 2.05) is 32.0 Å². The number of aryl methyl sites for hydroxylation is 1. The molecule has 13 heavy (non-hydrogen) atoms. The highest BCUT2D eigenvalue weighted by atomic mass is 16.5. The topological polar surface area (TPSA) is 9.23 Å². The average Bonchev–Trinajstić information content (AvgIpc) is 2.16. The van der Waals surface area contributed by atoms with Crippen molar-refractivity contribution in [1.29, 1.82) is 0 Å². The summed E-state index contributed by atoms with van der Waals surface area (Å²) in [5.74, 6) is 3.70. The lowest BCUT2D eigenvalue weighted by Gasteiger charge is -2.13. The third-order valence-electron chi connectivity index (χ3n) is 2.19. The van der Waals surface area contributed by atoms with Crippen molar-refractivity contribution in [2.75, 3.05) is 7.11 Å². The van der Waals surface area contributed by atoms with E-state index in [1.165, 1.54) is 5.56 Å². The third-order valence-corrected chi connectivity index (χ3v) is 2.19. The molecule has 0 bridgehead atoms. The molecule has 0 saturated heterocycles. The maximum absolute atomic E-state index is 5.39. The second-order valence-corrected chi connectivity index (χ2v) is 3.08. The molecular weight excluding hydrogens is 160 g/mol. The van der Waals surface area contributed by atoms with E-state index in [2.05, 4.69) is 5.92 Å². The number of hydrogen-bond acceptors (Lipinski definition) is 1. The molecule has 0 fully saturated rings. The molecule has 0 spiro atoms. The fourth-order valence-electron chi connectivity index (χ4n) is 1.47. The quantitative estimate of drug-likeness (QED) is 0.626. The Bertz CT molecular complexity index is 333. The highest BCUT2D eigenvalue weighted by Crippen LogP contribution is 2.28. The summed E-state index contributed by atoms with van der Waals surface area (Å²) >= 11 is 0. The molecule has 1 atom stereocenters. The lowest BCUT2D eigenvalue weighted by Crippen LogP contribution is -1.98. The van der Waals surface area contributed by atoms with Crippen LogP contribution in [0, 0.1) is 19.3 Å². The minimum absolute atomic E-state index is 0.108. The molecule has 1 unspecified atom stereocenters. The van der Waals surface area contributed by atoms with Gasteiger partial charge in [-0.05, 0) is 25.5 Å². The van der Waals surface area contributed by atoms with Crippen LogP contribution >= 0.6 is 0 Å². The van der Waals surface area contributed by atoms with Crippen LogP contribution in [-0.4, -0.2) is 7.11 Å². The number of ether oxygens (including phenoxy) is 1. The van der Waals surface area contributed by atoms with Crippen LogP contribution in [0.15, 0.2) is 18.2 Å². The minimum Gasteiger partial charge on any atom is -0.496 e. The van der Waals surface area contributed by atoms with Gasteiger partial charge in [0.05, 0.1) is 7.11 Å². The van der Waals surface area contributed by atoms with E-state index in [-0.39, 0.29) is 5.92 Å². The molecule has 1 aromatic carbocycles.